The van der Waals surface area contributed by atoms with E-state index in [1.807, 2.05) is 6.07 Å². The number of fused-ring (bicyclic) bond motifs is 7. The van der Waals surface area contributed by atoms with E-state index >= 15 is 0 Å². The van der Waals surface area contributed by atoms with Crippen molar-refractivity contribution in [3.8, 4) is 50.2 Å². The Morgan fingerprint density at radius 2 is 0.880 bits per heavy atom. The topological polar surface area (TPSA) is 21.3 Å². The van der Waals surface area contributed by atoms with E-state index in [1.165, 1.54) is 60.4 Å². The quantitative estimate of drug-likeness (QED) is 0.151. The van der Waals surface area contributed by atoms with Crippen molar-refractivity contribution in [1.29, 1.82) is 0 Å². The summed E-state index contributed by atoms with van der Waals surface area (Å²) >= 11 is 0. The van der Waals surface area contributed by atoms with Crippen molar-refractivity contribution in [1.82, 2.24) is 4.57 Å². The van der Waals surface area contributed by atoms with Crippen LogP contribution in [0.15, 0.2) is 247 Å². The van der Waals surface area contributed by atoms with Crippen molar-refractivity contribution in [3.05, 3.63) is 254 Å². The molecule has 0 atom stereocenters. The maximum absolute atomic E-state index is 6.55. The third-order valence-corrected chi connectivity index (χ3v) is 15.3. The van der Waals surface area contributed by atoms with E-state index < -0.39 is 0 Å². The van der Waals surface area contributed by atoms with Gasteiger partial charge in [-0.15, -0.1) is 0 Å². The minimum atomic E-state index is -0.0326. The summed E-state index contributed by atoms with van der Waals surface area (Å²) in [6, 6.07) is 89.2. The molecule has 3 heteroatoms. The summed E-state index contributed by atoms with van der Waals surface area (Å²) in [5.74, 6) is 0. The largest absolute Gasteiger partial charge is 0.456 e. The highest BCUT2D eigenvalue weighted by Crippen LogP contribution is 2.50. The Bertz CT molecular complexity index is 4290. The molecule has 0 aliphatic rings. The number of benzene rings is 11. The Morgan fingerprint density at radius 3 is 1.59 bits per heavy atom. The summed E-state index contributed by atoms with van der Waals surface area (Å²) in [5.41, 5.74) is 20.3. The molecule has 0 aliphatic carbocycles. The minimum absolute atomic E-state index is 0.0326. The van der Waals surface area contributed by atoms with Gasteiger partial charge in [-0.05, 0) is 115 Å². The first kappa shape index (κ1) is 45.9. The number of hydrogen-bond acceptors (Lipinski definition) is 2. The second-order valence-corrected chi connectivity index (χ2v) is 22.1. The summed E-state index contributed by atoms with van der Waals surface area (Å²) < 4.78 is 8.98. The number of rotatable bonds is 8. The van der Waals surface area contributed by atoms with Gasteiger partial charge in [0.05, 0.1) is 22.4 Å². The number of aromatic nitrogens is 1. The first-order chi connectivity index (χ1) is 36.5. The van der Waals surface area contributed by atoms with Crippen molar-refractivity contribution in [2.45, 2.75) is 52.4 Å². The summed E-state index contributed by atoms with van der Waals surface area (Å²) in [5, 5.41) is 7.09. The van der Waals surface area contributed by atoms with E-state index in [9.17, 15) is 0 Å². The molecule has 0 N–H and O–H groups in total. The first-order valence-electron chi connectivity index (χ1n) is 26.2. The van der Waals surface area contributed by atoms with Crippen molar-refractivity contribution in [3.63, 3.8) is 0 Å². The highest BCUT2D eigenvalue weighted by Gasteiger charge is 2.26. The van der Waals surface area contributed by atoms with Gasteiger partial charge in [-0.2, -0.15) is 0 Å². The Morgan fingerprint density at radius 1 is 0.360 bits per heavy atom. The lowest BCUT2D eigenvalue weighted by Crippen LogP contribution is -2.16. The third-order valence-electron chi connectivity index (χ3n) is 15.3. The molecule has 0 radical (unpaired) electrons. The lowest BCUT2D eigenvalue weighted by molar-refractivity contribution is 0.569. The van der Waals surface area contributed by atoms with Crippen molar-refractivity contribution in [2.24, 2.45) is 0 Å². The molecule has 0 aliphatic heterocycles. The second kappa shape index (κ2) is 17.9. The first-order valence-corrected chi connectivity index (χ1v) is 26.2. The molecule has 0 spiro atoms. The summed E-state index contributed by atoms with van der Waals surface area (Å²) in [7, 11) is 0. The molecule has 362 valence electrons. The average molecular weight is 967 g/mol. The van der Waals surface area contributed by atoms with Crippen LogP contribution in [0.4, 0.5) is 17.1 Å². The molecule has 0 saturated heterocycles. The van der Waals surface area contributed by atoms with Crippen LogP contribution in [0.3, 0.4) is 0 Å². The van der Waals surface area contributed by atoms with Crippen LogP contribution in [0.1, 0.15) is 52.7 Å². The van der Waals surface area contributed by atoms with Gasteiger partial charge in [-0.25, -0.2) is 0 Å². The summed E-state index contributed by atoms with van der Waals surface area (Å²) in [6.45, 7) is 13.9. The predicted octanol–water partition coefficient (Wildman–Crippen LogP) is 20.6. The zero-order chi connectivity index (χ0) is 51.0. The number of nitrogens with zero attached hydrogens (tertiary/aromatic N) is 2. The Balaban J connectivity index is 1.08. The lowest BCUT2D eigenvalue weighted by atomic mass is 9.78. The minimum Gasteiger partial charge on any atom is -0.456 e. The molecule has 2 aromatic heterocycles. The van der Waals surface area contributed by atoms with E-state index in [0.29, 0.717) is 0 Å². The summed E-state index contributed by atoms with van der Waals surface area (Å²) in [6.07, 6.45) is 0. The molecular weight excluding hydrogens is 909 g/mol. The van der Waals surface area contributed by atoms with Gasteiger partial charge in [0.15, 0.2) is 0 Å². The molecule has 0 amide bonds. The average Bonchev–Trinajstić information content (AvgIpc) is 4.00. The van der Waals surface area contributed by atoms with Gasteiger partial charge in [0.2, 0.25) is 0 Å². The molecule has 3 nitrogen and oxygen atoms in total. The van der Waals surface area contributed by atoms with Crippen LogP contribution < -0.4 is 4.90 Å². The van der Waals surface area contributed by atoms with Gasteiger partial charge in [0.25, 0.3) is 0 Å². The van der Waals surface area contributed by atoms with Crippen LogP contribution in [0.2, 0.25) is 0 Å². The Kier molecular flexibility index (Phi) is 11.0. The number of para-hydroxylation sites is 6. The molecule has 0 fully saturated rings. The van der Waals surface area contributed by atoms with E-state index in [2.05, 4.69) is 288 Å². The van der Waals surface area contributed by atoms with E-state index in [1.54, 1.807) is 0 Å². The van der Waals surface area contributed by atoms with E-state index in [-0.39, 0.29) is 10.8 Å². The van der Waals surface area contributed by atoms with Crippen LogP contribution in [0, 0.1) is 0 Å². The maximum Gasteiger partial charge on any atom is 0.136 e. The monoisotopic (exact) mass is 966 g/mol. The molecule has 13 rings (SSSR count). The normalized spacial score (nSPS) is 12.1. The van der Waals surface area contributed by atoms with Crippen LogP contribution in [-0.4, -0.2) is 4.57 Å². The number of hydrogen-bond donors (Lipinski definition) is 0. The Labute approximate surface area is 439 Å². The fourth-order valence-corrected chi connectivity index (χ4v) is 11.6. The lowest BCUT2D eigenvalue weighted by Gasteiger charge is -2.31. The van der Waals surface area contributed by atoms with Crippen LogP contribution in [0.25, 0.3) is 105 Å². The fourth-order valence-electron chi connectivity index (χ4n) is 11.6. The zero-order valence-corrected chi connectivity index (χ0v) is 43.4. The highest BCUT2D eigenvalue weighted by atomic mass is 16.3. The number of furan rings is 1. The van der Waals surface area contributed by atoms with Crippen LogP contribution in [0.5, 0.6) is 0 Å². The molecule has 0 bridgehead atoms. The molecular formula is C72H58N2O. The highest BCUT2D eigenvalue weighted by molar-refractivity contribution is 6.16. The molecule has 75 heavy (non-hydrogen) atoms. The molecule has 0 saturated carbocycles. The predicted molar refractivity (Wildman–Crippen MR) is 319 cm³/mol. The Hall–Kier alpha value is -8.92. The van der Waals surface area contributed by atoms with Gasteiger partial charge < -0.3 is 13.9 Å². The molecule has 11 aromatic carbocycles. The van der Waals surface area contributed by atoms with Crippen LogP contribution in [-0.2, 0) is 10.8 Å². The third kappa shape index (κ3) is 7.90. The van der Waals surface area contributed by atoms with Gasteiger partial charge >= 0.3 is 0 Å². The van der Waals surface area contributed by atoms with Crippen molar-refractivity contribution >= 4 is 71.6 Å². The molecule has 13 aromatic rings. The van der Waals surface area contributed by atoms with E-state index in [0.717, 1.165) is 72.5 Å². The number of anilines is 3. The smallest absolute Gasteiger partial charge is 0.136 e. The summed E-state index contributed by atoms with van der Waals surface area (Å²) in [4.78, 5) is 2.50. The van der Waals surface area contributed by atoms with Gasteiger partial charge in [0, 0.05) is 49.6 Å². The SMILES string of the molecule is CC(C)(C)c1cc(-c2cccc3cccc(-c4ccccc4N(c4cccc(-c5cccc6c7ccccc7n(-c7ccccc7)c56)c4)c4ccccc4-c4cccc5oc6ccccc6c45)c23)cc(C(C)(C)C)c1. The fraction of sp³-hybridized carbons (Fsp3) is 0.111. The van der Waals surface area contributed by atoms with Crippen LogP contribution >= 0.6 is 0 Å². The molecule has 2 heterocycles. The standard InChI is InChI=1S/C72H58N2O/c1-71(2,3)50-43-49(44-51(46-50)72(4,5)6)54-33-19-23-47-24-20-35-59(68(47)54)56-29-10-14-38-63(56)73(64-39-15-11-30-57(64)60-36-22-42-67-69(60)62-32-13-17-41-66(62)75-67)53-28-18-25-48(45-53)55-34-21-37-61-58-31-12-16-40-65(58)74(70(55)61)52-26-8-7-9-27-52/h7-46H,1-6H3. The van der Waals surface area contributed by atoms with Crippen molar-refractivity contribution in [2.75, 3.05) is 4.90 Å². The second-order valence-electron chi connectivity index (χ2n) is 22.1. The zero-order valence-electron chi connectivity index (χ0n) is 43.4. The van der Waals surface area contributed by atoms with Gasteiger partial charge in [0.1, 0.15) is 11.2 Å². The maximum atomic E-state index is 6.55. The van der Waals surface area contributed by atoms with Gasteiger partial charge in [-0.1, -0.05) is 230 Å². The van der Waals surface area contributed by atoms with Gasteiger partial charge in [-0.3, -0.25) is 0 Å². The van der Waals surface area contributed by atoms with E-state index in [4.69, 9.17) is 4.42 Å². The van der Waals surface area contributed by atoms with Crippen molar-refractivity contribution < 1.29 is 4.42 Å². The molecule has 0 unspecified atom stereocenters.